The Labute approximate surface area is 213 Å². The monoisotopic (exact) mass is 498 g/mol. The number of rotatable bonds is 15. The van der Waals surface area contributed by atoms with Gasteiger partial charge in [0.15, 0.2) is 0 Å². The van der Waals surface area contributed by atoms with Crippen molar-refractivity contribution in [3.05, 3.63) is 0 Å². The minimum absolute atomic E-state index is 0. The summed E-state index contributed by atoms with van der Waals surface area (Å²) in [6, 6.07) is 0. The van der Waals surface area contributed by atoms with E-state index in [0.717, 1.165) is 38.5 Å². The molecule has 0 N–H and O–H groups in total. The van der Waals surface area contributed by atoms with Crippen LogP contribution in [0.5, 0.6) is 0 Å². The number of Topliss-reactive ketones (excluding diaryl/α,β-unsaturated/α-hetero) is 3. The number of aliphatic carboxylic acids is 3. The van der Waals surface area contributed by atoms with Crippen LogP contribution < -0.4 is 15.3 Å². The number of carbonyl (C=O) groups excluding carboxylic acids is 6. The number of ketones is 3. The molecule has 0 fully saturated rings. The van der Waals surface area contributed by atoms with Crippen LogP contribution in [0.2, 0.25) is 0 Å². The van der Waals surface area contributed by atoms with Crippen LogP contribution in [0.3, 0.4) is 0 Å². The predicted octanol–water partition coefficient (Wildman–Crippen LogP) is 0.0143. The van der Waals surface area contributed by atoms with Gasteiger partial charge in [-0.15, -0.1) is 0 Å². The fourth-order valence-corrected chi connectivity index (χ4v) is 2.69. The van der Waals surface area contributed by atoms with Gasteiger partial charge in [-0.3, -0.25) is 14.4 Å². The Morgan fingerprint density at radius 3 is 0.765 bits per heavy atom. The first kappa shape index (κ1) is 39.2. The number of carboxylic acids is 3. The molecule has 10 heteroatoms. The number of hydrogen-bond donors (Lipinski definition) is 0. The summed E-state index contributed by atoms with van der Waals surface area (Å²) in [7, 11) is 0. The first-order chi connectivity index (χ1) is 15.3. The van der Waals surface area contributed by atoms with Gasteiger partial charge in [0.1, 0.15) is 17.3 Å². The van der Waals surface area contributed by atoms with Crippen molar-refractivity contribution in [2.75, 3.05) is 0 Å². The van der Waals surface area contributed by atoms with E-state index in [4.69, 9.17) is 0 Å². The summed E-state index contributed by atoms with van der Waals surface area (Å²) in [6.07, 6.45) is 6.22. The largest absolute Gasteiger partial charge is 3.00 e. The third kappa shape index (κ3) is 21.8. The average Bonchev–Trinajstić information content (AvgIpc) is 2.68. The Kier molecular flexibility index (Phi) is 27.8. The van der Waals surface area contributed by atoms with Crippen LogP contribution in [-0.4, -0.2) is 52.6 Å². The smallest absolute Gasteiger partial charge is 0.549 e. The molecule has 0 rings (SSSR count). The van der Waals surface area contributed by atoms with Gasteiger partial charge in [0.25, 0.3) is 0 Å². The zero-order valence-electron chi connectivity index (χ0n) is 21.3. The second kappa shape index (κ2) is 24.1. The fraction of sp³-hybridized carbons (Fsp3) is 0.750. The molecule has 0 spiro atoms. The van der Waals surface area contributed by atoms with E-state index in [1.165, 1.54) is 20.8 Å². The normalized spacial score (nSPS) is 12.2. The van der Waals surface area contributed by atoms with E-state index >= 15 is 0 Å². The standard InChI is InChI=1S/3C8H14O3.Al/c3*1-3-4-5-7(6(2)9)8(10)11;/h3*7H,3-5H2,1-2H3,(H,10,11);/q;;;+3/p-3. The predicted molar refractivity (Wildman–Crippen MR) is 122 cm³/mol. The summed E-state index contributed by atoms with van der Waals surface area (Å²) in [5.74, 6) is -7.34. The van der Waals surface area contributed by atoms with Crippen LogP contribution in [0.1, 0.15) is 99.3 Å². The summed E-state index contributed by atoms with van der Waals surface area (Å²) in [5, 5.41) is 30.9. The van der Waals surface area contributed by atoms with Gasteiger partial charge in [0.2, 0.25) is 0 Å². The Bertz CT molecular complexity index is 504. The Morgan fingerprint density at radius 2 is 0.676 bits per heavy atom. The molecule has 0 saturated heterocycles. The molecule has 192 valence electrons. The molecule has 34 heavy (non-hydrogen) atoms. The SMILES string of the molecule is CCCCC(C(C)=O)C(=O)[O-].CCCCC(C(C)=O)C(=O)[O-].CCCCC(C(C)=O)C(=O)[O-].[Al+3]. The van der Waals surface area contributed by atoms with Crippen molar-refractivity contribution in [2.24, 2.45) is 17.8 Å². The van der Waals surface area contributed by atoms with Gasteiger partial charge >= 0.3 is 17.4 Å². The van der Waals surface area contributed by atoms with Gasteiger partial charge in [-0.05, 0) is 40.0 Å². The van der Waals surface area contributed by atoms with E-state index in [0.29, 0.717) is 19.3 Å². The minimum atomic E-state index is -1.24. The molecule has 0 radical (unpaired) electrons. The number of carboxylic acid groups (broad SMARTS) is 3. The van der Waals surface area contributed by atoms with Crippen LogP contribution in [0.15, 0.2) is 0 Å². The first-order valence-corrected chi connectivity index (χ1v) is 11.4. The minimum Gasteiger partial charge on any atom is -0.549 e. The van der Waals surface area contributed by atoms with E-state index in [9.17, 15) is 44.1 Å². The van der Waals surface area contributed by atoms with Crippen molar-refractivity contribution in [2.45, 2.75) is 99.3 Å². The molecule has 3 atom stereocenters. The van der Waals surface area contributed by atoms with Crippen LogP contribution in [0, 0.1) is 17.8 Å². The van der Waals surface area contributed by atoms with Crippen LogP contribution >= 0.6 is 0 Å². The molecule has 0 bridgehead atoms. The van der Waals surface area contributed by atoms with E-state index in [-0.39, 0.29) is 34.7 Å². The number of hydrogen-bond acceptors (Lipinski definition) is 9. The van der Waals surface area contributed by atoms with E-state index < -0.39 is 35.7 Å². The molecule has 0 saturated carbocycles. The van der Waals surface area contributed by atoms with Crippen molar-refractivity contribution in [1.29, 1.82) is 0 Å². The molecule has 3 unspecified atom stereocenters. The zero-order valence-corrected chi connectivity index (χ0v) is 22.5. The molecule has 0 aromatic rings. The first-order valence-electron chi connectivity index (χ1n) is 11.4. The second-order valence-electron chi connectivity index (χ2n) is 7.87. The van der Waals surface area contributed by atoms with Crippen molar-refractivity contribution >= 4 is 52.6 Å². The average molecular weight is 499 g/mol. The van der Waals surface area contributed by atoms with E-state index in [2.05, 4.69) is 0 Å². The number of unbranched alkanes of at least 4 members (excludes halogenated alkanes) is 3. The van der Waals surface area contributed by atoms with Gasteiger partial charge in [-0.25, -0.2) is 0 Å². The fourth-order valence-electron chi connectivity index (χ4n) is 2.69. The molecule has 0 aliphatic rings. The molecule has 9 nitrogen and oxygen atoms in total. The molecule has 0 aliphatic carbocycles. The van der Waals surface area contributed by atoms with Crippen molar-refractivity contribution in [1.82, 2.24) is 0 Å². The topological polar surface area (TPSA) is 172 Å². The maximum absolute atomic E-state index is 10.7. The molecular formula is C24H39AlO9. The third-order valence-electron chi connectivity index (χ3n) is 4.86. The summed E-state index contributed by atoms with van der Waals surface area (Å²) in [4.78, 5) is 63.0. The van der Waals surface area contributed by atoms with Crippen molar-refractivity contribution < 1.29 is 44.1 Å². The summed E-state index contributed by atoms with van der Waals surface area (Å²) >= 11 is 0. The third-order valence-corrected chi connectivity index (χ3v) is 4.86. The zero-order chi connectivity index (χ0) is 26.6. The maximum Gasteiger partial charge on any atom is 3.00 e. The Balaban J connectivity index is -0.000000196. The second-order valence-corrected chi connectivity index (χ2v) is 7.87. The molecule has 0 aromatic carbocycles. The van der Waals surface area contributed by atoms with Gasteiger partial charge in [-0.2, -0.15) is 0 Å². The van der Waals surface area contributed by atoms with Crippen molar-refractivity contribution in [3.63, 3.8) is 0 Å². The Hall–Kier alpha value is -2.05. The van der Waals surface area contributed by atoms with Crippen LogP contribution in [-0.2, 0) is 28.8 Å². The summed E-state index contributed by atoms with van der Waals surface area (Å²) in [6.45, 7) is 9.72. The molecule has 0 aliphatic heterocycles. The van der Waals surface area contributed by atoms with Crippen LogP contribution in [0.25, 0.3) is 0 Å². The van der Waals surface area contributed by atoms with Gasteiger partial charge < -0.3 is 29.7 Å². The maximum atomic E-state index is 10.7. The van der Waals surface area contributed by atoms with Crippen molar-refractivity contribution in [3.8, 4) is 0 Å². The quantitative estimate of drug-likeness (QED) is 0.223. The summed E-state index contributed by atoms with van der Waals surface area (Å²) in [5.41, 5.74) is 0. The van der Waals surface area contributed by atoms with E-state index in [1.54, 1.807) is 0 Å². The molecule has 0 aromatic heterocycles. The molecule has 0 heterocycles. The van der Waals surface area contributed by atoms with Crippen LogP contribution in [0.4, 0.5) is 0 Å². The molecule has 0 amide bonds. The van der Waals surface area contributed by atoms with E-state index in [1.807, 2.05) is 20.8 Å². The van der Waals surface area contributed by atoms with Gasteiger partial charge in [-0.1, -0.05) is 59.3 Å². The summed E-state index contributed by atoms with van der Waals surface area (Å²) < 4.78 is 0. The molecular weight excluding hydrogens is 459 g/mol. The Morgan fingerprint density at radius 1 is 0.500 bits per heavy atom. The van der Waals surface area contributed by atoms with Gasteiger partial charge in [0, 0.05) is 0 Å². The number of carbonyl (C=O) groups is 6. The van der Waals surface area contributed by atoms with Gasteiger partial charge in [0.05, 0.1) is 35.7 Å².